The Labute approximate surface area is 134 Å². The van der Waals surface area contributed by atoms with E-state index in [2.05, 4.69) is 12.2 Å². The maximum Gasteiger partial charge on any atom is 0.123 e. The maximum absolute atomic E-state index is 13.5. The van der Waals surface area contributed by atoms with Gasteiger partial charge in [-0.2, -0.15) is 0 Å². The fourth-order valence-electron chi connectivity index (χ4n) is 2.18. The first kappa shape index (κ1) is 16.3. The minimum absolute atomic E-state index is 0.124. The lowest BCUT2D eigenvalue weighted by atomic mass is 10.1. The van der Waals surface area contributed by atoms with Gasteiger partial charge in [0.15, 0.2) is 0 Å². The Kier molecular flexibility index (Phi) is 6.09. The van der Waals surface area contributed by atoms with Crippen molar-refractivity contribution in [2.75, 3.05) is 6.54 Å². The largest absolute Gasteiger partial charge is 0.310 e. The van der Waals surface area contributed by atoms with E-state index in [1.54, 1.807) is 17.8 Å². The molecule has 0 heterocycles. The highest BCUT2D eigenvalue weighted by atomic mass is 35.5. The highest BCUT2D eigenvalue weighted by Gasteiger charge is 2.12. The van der Waals surface area contributed by atoms with Crippen molar-refractivity contribution >= 4 is 23.4 Å². The molecule has 0 radical (unpaired) electrons. The summed E-state index contributed by atoms with van der Waals surface area (Å²) in [5, 5.41) is 4.10. The fraction of sp³-hybridized carbons (Fsp3) is 0.294. The summed E-state index contributed by atoms with van der Waals surface area (Å²) >= 11 is 7.87. The van der Waals surface area contributed by atoms with Gasteiger partial charge >= 0.3 is 0 Å². The fourth-order valence-corrected chi connectivity index (χ4v) is 3.59. The number of hydrogen-bond acceptors (Lipinski definition) is 2. The number of hydrogen-bond donors (Lipinski definition) is 1. The van der Waals surface area contributed by atoms with E-state index < -0.39 is 0 Å². The van der Waals surface area contributed by atoms with E-state index in [-0.39, 0.29) is 11.9 Å². The Morgan fingerprint density at radius 1 is 1.24 bits per heavy atom. The quantitative estimate of drug-likeness (QED) is 0.710. The summed E-state index contributed by atoms with van der Waals surface area (Å²) in [4.78, 5) is 1.09. The lowest BCUT2D eigenvalue weighted by Gasteiger charge is -2.17. The summed E-state index contributed by atoms with van der Waals surface area (Å²) in [5.74, 6) is 0.578. The molecule has 0 amide bonds. The van der Waals surface area contributed by atoms with Crippen LogP contribution in [-0.2, 0) is 5.75 Å². The number of rotatable bonds is 6. The standard InChI is InChI=1S/C17H19ClFNS/c1-3-20-12(2)15-10-14(19)8-9-17(15)21-11-13-6-4-5-7-16(13)18/h4-10,12,20H,3,11H2,1-2H3. The van der Waals surface area contributed by atoms with Gasteiger partial charge in [-0.15, -0.1) is 11.8 Å². The molecule has 2 rings (SSSR count). The zero-order valence-electron chi connectivity index (χ0n) is 12.2. The average molecular weight is 324 g/mol. The summed E-state index contributed by atoms with van der Waals surface area (Å²) in [5.41, 5.74) is 2.09. The molecule has 0 aliphatic carbocycles. The molecule has 2 aromatic carbocycles. The van der Waals surface area contributed by atoms with Crippen LogP contribution in [0.5, 0.6) is 0 Å². The van der Waals surface area contributed by atoms with Crippen molar-refractivity contribution in [1.29, 1.82) is 0 Å². The zero-order chi connectivity index (χ0) is 15.2. The third kappa shape index (κ3) is 4.47. The summed E-state index contributed by atoms with van der Waals surface area (Å²) in [6.07, 6.45) is 0. The molecule has 2 aromatic rings. The van der Waals surface area contributed by atoms with Crippen LogP contribution in [0, 0.1) is 5.82 Å². The predicted molar refractivity (Wildman–Crippen MR) is 89.5 cm³/mol. The van der Waals surface area contributed by atoms with Crippen molar-refractivity contribution in [2.45, 2.75) is 30.5 Å². The van der Waals surface area contributed by atoms with E-state index in [1.807, 2.05) is 37.3 Å². The smallest absolute Gasteiger partial charge is 0.123 e. The van der Waals surface area contributed by atoms with Crippen molar-refractivity contribution in [3.05, 3.63) is 64.4 Å². The second-order valence-corrected chi connectivity index (χ2v) is 6.27. The van der Waals surface area contributed by atoms with Crippen molar-refractivity contribution in [3.8, 4) is 0 Å². The first-order valence-corrected chi connectivity index (χ1v) is 8.37. The van der Waals surface area contributed by atoms with Crippen LogP contribution in [0.2, 0.25) is 5.02 Å². The molecule has 0 spiro atoms. The highest BCUT2D eigenvalue weighted by Crippen LogP contribution is 2.32. The van der Waals surface area contributed by atoms with Gasteiger partial charge in [-0.05, 0) is 48.9 Å². The molecule has 21 heavy (non-hydrogen) atoms. The van der Waals surface area contributed by atoms with E-state index in [1.165, 1.54) is 6.07 Å². The van der Waals surface area contributed by atoms with Crippen LogP contribution in [0.4, 0.5) is 4.39 Å². The monoisotopic (exact) mass is 323 g/mol. The van der Waals surface area contributed by atoms with Crippen LogP contribution in [-0.4, -0.2) is 6.54 Å². The SMILES string of the molecule is CCNC(C)c1cc(F)ccc1SCc1ccccc1Cl. The molecule has 0 aliphatic heterocycles. The summed E-state index contributed by atoms with van der Waals surface area (Å²) in [6.45, 7) is 4.95. The lowest BCUT2D eigenvalue weighted by molar-refractivity contribution is 0.574. The van der Waals surface area contributed by atoms with Crippen LogP contribution >= 0.6 is 23.4 Å². The van der Waals surface area contributed by atoms with Gasteiger partial charge in [0.1, 0.15) is 5.82 Å². The number of thioether (sulfide) groups is 1. The van der Waals surface area contributed by atoms with Gasteiger partial charge in [0.2, 0.25) is 0 Å². The topological polar surface area (TPSA) is 12.0 Å². The number of benzene rings is 2. The predicted octanol–water partition coefficient (Wildman–Crippen LogP) is 5.44. The van der Waals surface area contributed by atoms with Crippen LogP contribution in [0.25, 0.3) is 0 Å². The number of halogens is 2. The second kappa shape index (κ2) is 7.83. The minimum atomic E-state index is -0.197. The van der Waals surface area contributed by atoms with E-state index in [4.69, 9.17) is 11.6 Å². The summed E-state index contributed by atoms with van der Waals surface area (Å²) < 4.78 is 13.5. The third-order valence-electron chi connectivity index (χ3n) is 3.29. The Hall–Kier alpha value is -1.03. The van der Waals surface area contributed by atoms with Gasteiger partial charge in [-0.1, -0.05) is 36.7 Å². The second-order valence-electron chi connectivity index (χ2n) is 4.84. The third-order valence-corrected chi connectivity index (χ3v) is 4.80. The molecule has 0 saturated carbocycles. The molecular weight excluding hydrogens is 305 g/mol. The molecule has 1 nitrogen and oxygen atoms in total. The molecule has 1 unspecified atom stereocenters. The van der Waals surface area contributed by atoms with Crippen LogP contribution in [0.3, 0.4) is 0 Å². The van der Waals surface area contributed by atoms with E-state index >= 15 is 0 Å². The molecule has 0 bridgehead atoms. The van der Waals surface area contributed by atoms with Crippen molar-refractivity contribution in [2.24, 2.45) is 0 Å². The summed E-state index contributed by atoms with van der Waals surface area (Å²) in [7, 11) is 0. The minimum Gasteiger partial charge on any atom is -0.310 e. The van der Waals surface area contributed by atoms with Crippen molar-refractivity contribution in [1.82, 2.24) is 5.32 Å². The molecule has 0 aliphatic rings. The normalized spacial score (nSPS) is 12.4. The van der Waals surface area contributed by atoms with Crippen LogP contribution in [0.15, 0.2) is 47.4 Å². The Bertz CT molecular complexity index is 603. The maximum atomic E-state index is 13.5. The lowest BCUT2D eigenvalue weighted by Crippen LogP contribution is -2.18. The molecule has 0 aromatic heterocycles. The highest BCUT2D eigenvalue weighted by molar-refractivity contribution is 7.98. The van der Waals surface area contributed by atoms with Crippen molar-refractivity contribution in [3.63, 3.8) is 0 Å². The van der Waals surface area contributed by atoms with Gasteiger partial charge < -0.3 is 5.32 Å². The van der Waals surface area contributed by atoms with Gasteiger partial charge in [-0.25, -0.2) is 4.39 Å². The molecule has 1 atom stereocenters. The van der Waals surface area contributed by atoms with Gasteiger partial charge in [0.05, 0.1) is 0 Å². The van der Waals surface area contributed by atoms with Gasteiger partial charge in [0.25, 0.3) is 0 Å². The molecule has 1 N–H and O–H groups in total. The molecular formula is C17H19ClFNS. The first-order chi connectivity index (χ1) is 10.1. The Morgan fingerprint density at radius 3 is 2.71 bits per heavy atom. The van der Waals surface area contributed by atoms with Crippen molar-refractivity contribution < 1.29 is 4.39 Å². The van der Waals surface area contributed by atoms with E-state index in [0.717, 1.165) is 33.3 Å². The average Bonchev–Trinajstić information content (AvgIpc) is 2.47. The van der Waals surface area contributed by atoms with E-state index in [0.29, 0.717) is 0 Å². The van der Waals surface area contributed by atoms with E-state index in [9.17, 15) is 4.39 Å². The molecule has 4 heteroatoms. The molecule has 0 saturated heterocycles. The molecule has 0 fully saturated rings. The van der Waals surface area contributed by atoms with Crippen LogP contribution in [0.1, 0.15) is 31.0 Å². The van der Waals surface area contributed by atoms with Gasteiger partial charge in [0, 0.05) is 21.7 Å². The first-order valence-electron chi connectivity index (χ1n) is 7.01. The molecule has 112 valence electrons. The number of nitrogens with one attached hydrogen (secondary N) is 1. The van der Waals surface area contributed by atoms with Gasteiger partial charge in [-0.3, -0.25) is 0 Å². The Balaban J connectivity index is 2.18. The summed E-state index contributed by atoms with van der Waals surface area (Å²) in [6, 6.07) is 12.9. The Morgan fingerprint density at radius 2 is 2.00 bits per heavy atom. The van der Waals surface area contributed by atoms with Crippen LogP contribution < -0.4 is 5.32 Å². The zero-order valence-corrected chi connectivity index (χ0v) is 13.8.